The molecule has 0 unspecified atom stereocenters. The standard InChI is InChI=1S/C14H24N2OS/c1-4-17-14(7-5-6-8-14)13-16-12(10-18-13)9-15-11(2)3/h10-11,15H,4-9H2,1-3H3. The zero-order chi connectivity index (χ0) is 13.0. The number of thiazole rings is 1. The van der Waals surface area contributed by atoms with E-state index in [4.69, 9.17) is 9.72 Å². The number of nitrogens with one attached hydrogen (secondary N) is 1. The summed E-state index contributed by atoms with van der Waals surface area (Å²) in [6.07, 6.45) is 4.79. The number of rotatable bonds is 6. The molecule has 0 bridgehead atoms. The van der Waals surface area contributed by atoms with Crippen molar-refractivity contribution >= 4 is 11.3 Å². The maximum atomic E-state index is 6.04. The van der Waals surface area contributed by atoms with E-state index in [-0.39, 0.29) is 5.60 Å². The van der Waals surface area contributed by atoms with Crippen LogP contribution >= 0.6 is 11.3 Å². The highest BCUT2D eigenvalue weighted by Gasteiger charge is 2.38. The monoisotopic (exact) mass is 268 g/mol. The maximum absolute atomic E-state index is 6.04. The molecule has 1 aliphatic rings. The molecule has 0 saturated heterocycles. The fourth-order valence-electron chi connectivity index (χ4n) is 2.55. The molecule has 0 spiro atoms. The summed E-state index contributed by atoms with van der Waals surface area (Å²) in [5, 5.41) is 6.77. The van der Waals surface area contributed by atoms with Crippen molar-refractivity contribution in [2.75, 3.05) is 6.61 Å². The summed E-state index contributed by atoms with van der Waals surface area (Å²) < 4.78 is 6.04. The van der Waals surface area contributed by atoms with Gasteiger partial charge in [-0.15, -0.1) is 11.3 Å². The van der Waals surface area contributed by atoms with Crippen LogP contribution in [0, 0.1) is 0 Å². The van der Waals surface area contributed by atoms with E-state index in [2.05, 4.69) is 31.5 Å². The van der Waals surface area contributed by atoms with Crippen molar-refractivity contribution in [1.29, 1.82) is 0 Å². The zero-order valence-corrected chi connectivity index (χ0v) is 12.5. The normalized spacial score (nSPS) is 18.7. The molecule has 1 fully saturated rings. The molecule has 1 heterocycles. The minimum atomic E-state index is -0.0739. The molecule has 1 N–H and O–H groups in total. The first kappa shape index (κ1) is 14.0. The fraction of sp³-hybridized carbons (Fsp3) is 0.786. The molecule has 3 nitrogen and oxygen atoms in total. The van der Waals surface area contributed by atoms with Crippen molar-refractivity contribution in [2.24, 2.45) is 0 Å². The highest BCUT2D eigenvalue weighted by atomic mass is 32.1. The van der Waals surface area contributed by atoms with E-state index in [9.17, 15) is 0 Å². The first-order chi connectivity index (χ1) is 8.66. The van der Waals surface area contributed by atoms with Gasteiger partial charge in [0.15, 0.2) is 0 Å². The predicted molar refractivity (Wildman–Crippen MR) is 75.9 cm³/mol. The van der Waals surface area contributed by atoms with Gasteiger partial charge in [-0.1, -0.05) is 26.7 Å². The Morgan fingerprint density at radius 1 is 1.44 bits per heavy atom. The summed E-state index contributed by atoms with van der Waals surface area (Å²) in [5.74, 6) is 0. The van der Waals surface area contributed by atoms with Crippen LogP contribution < -0.4 is 5.32 Å². The van der Waals surface area contributed by atoms with Gasteiger partial charge < -0.3 is 10.1 Å². The van der Waals surface area contributed by atoms with Crippen molar-refractivity contribution in [3.05, 3.63) is 16.1 Å². The van der Waals surface area contributed by atoms with E-state index in [0.717, 1.165) is 31.7 Å². The molecule has 0 aromatic carbocycles. The molecule has 2 rings (SSSR count). The third-order valence-corrected chi connectivity index (χ3v) is 4.54. The topological polar surface area (TPSA) is 34.1 Å². The minimum absolute atomic E-state index is 0.0739. The van der Waals surface area contributed by atoms with Crippen molar-refractivity contribution in [2.45, 2.75) is 64.6 Å². The van der Waals surface area contributed by atoms with Crippen LogP contribution in [-0.2, 0) is 16.9 Å². The van der Waals surface area contributed by atoms with Gasteiger partial charge >= 0.3 is 0 Å². The molecule has 102 valence electrons. The van der Waals surface area contributed by atoms with Gasteiger partial charge in [-0.3, -0.25) is 0 Å². The summed E-state index contributed by atoms with van der Waals surface area (Å²) in [6.45, 7) is 8.03. The molecule has 4 heteroatoms. The van der Waals surface area contributed by atoms with Gasteiger partial charge in [0.25, 0.3) is 0 Å². The van der Waals surface area contributed by atoms with Crippen LogP contribution in [0.3, 0.4) is 0 Å². The molecule has 0 amide bonds. The quantitative estimate of drug-likeness (QED) is 0.858. The number of nitrogens with zero attached hydrogens (tertiary/aromatic N) is 1. The van der Waals surface area contributed by atoms with Crippen LogP contribution in [0.1, 0.15) is 57.2 Å². The third kappa shape index (κ3) is 3.11. The van der Waals surface area contributed by atoms with Crippen LogP contribution in [0.25, 0.3) is 0 Å². The van der Waals surface area contributed by atoms with Crippen LogP contribution in [0.15, 0.2) is 5.38 Å². The highest BCUT2D eigenvalue weighted by Crippen LogP contribution is 2.43. The minimum Gasteiger partial charge on any atom is -0.368 e. The Kier molecular flexibility index (Phi) is 4.76. The van der Waals surface area contributed by atoms with Gasteiger partial charge in [-0.25, -0.2) is 4.98 Å². The molecule has 1 aromatic heterocycles. The van der Waals surface area contributed by atoms with Gasteiger partial charge in [-0.05, 0) is 19.8 Å². The zero-order valence-electron chi connectivity index (χ0n) is 11.7. The second-order valence-corrected chi connectivity index (χ2v) is 6.17. The lowest BCUT2D eigenvalue weighted by Crippen LogP contribution is -2.26. The summed E-state index contributed by atoms with van der Waals surface area (Å²) in [7, 11) is 0. The van der Waals surface area contributed by atoms with E-state index in [1.807, 2.05) is 0 Å². The Hall–Kier alpha value is -0.450. The van der Waals surface area contributed by atoms with E-state index < -0.39 is 0 Å². The summed E-state index contributed by atoms with van der Waals surface area (Å²) >= 11 is 1.76. The number of hydrogen-bond acceptors (Lipinski definition) is 4. The molecule has 1 aliphatic carbocycles. The van der Waals surface area contributed by atoms with Gasteiger partial charge in [0.05, 0.1) is 5.69 Å². The molecule has 0 aliphatic heterocycles. The highest BCUT2D eigenvalue weighted by molar-refractivity contribution is 7.09. The third-order valence-electron chi connectivity index (χ3n) is 3.46. The Morgan fingerprint density at radius 3 is 2.78 bits per heavy atom. The van der Waals surface area contributed by atoms with E-state index in [1.165, 1.54) is 17.8 Å². The smallest absolute Gasteiger partial charge is 0.125 e. The SMILES string of the molecule is CCOC1(c2nc(CNC(C)C)cs2)CCCC1. The van der Waals surface area contributed by atoms with Gasteiger partial charge in [0, 0.05) is 24.6 Å². The Bertz CT molecular complexity index is 370. The van der Waals surface area contributed by atoms with Gasteiger partial charge in [0.1, 0.15) is 10.6 Å². The maximum Gasteiger partial charge on any atom is 0.125 e. The largest absolute Gasteiger partial charge is 0.368 e. The van der Waals surface area contributed by atoms with Crippen LogP contribution in [0.4, 0.5) is 0 Å². The lowest BCUT2D eigenvalue weighted by Gasteiger charge is -2.26. The molecule has 1 aromatic rings. The van der Waals surface area contributed by atoms with Crippen LogP contribution in [0.2, 0.25) is 0 Å². The Balaban J connectivity index is 2.07. The summed E-state index contributed by atoms with van der Waals surface area (Å²) in [4.78, 5) is 4.79. The molecule has 0 radical (unpaired) electrons. The van der Waals surface area contributed by atoms with Crippen molar-refractivity contribution in [1.82, 2.24) is 10.3 Å². The molecular formula is C14H24N2OS. The van der Waals surface area contributed by atoms with Gasteiger partial charge in [-0.2, -0.15) is 0 Å². The van der Waals surface area contributed by atoms with Crippen molar-refractivity contribution in [3.63, 3.8) is 0 Å². The average molecular weight is 268 g/mol. The predicted octanol–water partition coefficient (Wildman–Crippen LogP) is 3.45. The molecule has 0 atom stereocenters. The first-order valence-electron chi connectivity index (χ1n) is 6.98. The van der Waals surface area contributed by atoms with Crippen LogP contribution in [-0.4, -0.2) is 17.6 Å². The molecular weight excluding hydrogens is 244 g/mol. The van der Waals surface area contributed by atoms with Gasteiger partial charge in [0.2, 0.25) is 0 Å². The van der Waals surface area contributed by atoms with Crippen molar-refractivity contribution < 1.29 is 4.74 Å². The molecule has 18 heavy (non-hydrogen) atoms. The fourth-order valence-corrected chi connectivity index (χ4v) is 3.58. The first-order valence-corrected chi connectivity index (χ1v) is 7.86. The van der Waals surface area contributed by atoms with Crippen molar-refractivity contribution in [3.8, 4) is 0 Å². The van der Waals surface area contributed by atoms with E-state index >= 15 is 0 Å². The second kappa shape index (κ2) is 6.13. The van der Waals surface area contributed by atoms with Crippen LogP contribution in [0.5, 0.6) is 0 Å². The number of ether oxygens (including phenoxy) is 1. The Labute approximate surface area is 114 Å². The lowest BCUT2D eigenvalue weighted by atomic mass is 10.0. The van der Waals surface area contributed by atoms with E-state index in [0.29, 0.717) is 6.04 Å². The summed E-state index contributed by atoms with van der Waals surface area (Å²) in [5.41, 5.74) is 1.07. The number of aromatic nitrogens is 1. The lowest BCUT2D eigenvalue weighted by molar-refractivity contribution is -0.0392. The average Bonchev–Trinajstić information content (AvgIpc) is 2.95. The summed E-state index contributed by atoms with van der Waals surface area (Å²) in [6, 6.07) is 0.502. The molecule has 1 saturated carbocycles. The number of hydrogen-bond donors (Lipinski definition) is 1. The second-order valence-electron chi connectivity index (χ2n) is 5.31. The van der Waals surface area contributed by atoms with E-state index in [1.54, 1.807) is 11.3 Å². The Morgan fingerprint density at radius 2 is 2.17 bits per heavy atom.